The Morgan fingerprint density at radius 2 is 2.00 bits per heavy atom. The molecule has 1 aromatic carbocycles. The zero-order valence-corrected chi connectivity index (χ0v) is 11.6. The van der Waals surface area contributed by atoms with Crippen molar-refractivity contribution in [3.8, 4) is 0 Å². The predicted octanol–water partition coefficient (Wildman–Crippen LogP) is 2.77. The maximum absolute atomic E-state index is 4.29. The summed E-state index contributed by atoms with van der Waals surface area (Å²) in [5, 5.41) is 12.0. The summed E-state index contributed by atoms with van der Waals surface area (Å²) < 4.78 is 2.04. The average Bonchev–Trinajstić information content (AvgIpc) is 2.73. The molecule has 1 aromatic heterocycles. The highest BCUT2D eigenvalue weighted by molar-refractivity contribution is 5.73. The van der Waals surface area contributed by atoms with Crippen LogP contribution in [0.25, 0.3) is 11.0 Å². The van der Waals surface area contributed by atoms with Gasteiger partial charge in [0.05, 0.1) is 11.6 Å². The van der Waals surface area contributed by atoms with Gasteiger partial charge in [0.15, 0.2) is 0 Å². The van der Waals surface area contributed by atoms with Gasteiger partial charge in [-0.2, -0.15) is 0 Å². The number of hydrogen-bond acceptors (Lipinski definition) is 3. The summed E-state index contributed by atoms with van der Waals surface area (Å²) in [6, 6.07) is 8.45. The molecule has 1 atom stereocenters. The first-order valence-corrected chi connectivity index (χ1v) is 6.56. The molecule has 4 nitrogen and oxygen atoms in total. The number of para-hydroxylation sites is 1. The van der Waals surface area contributed by atoms with Crippen LogP contribution >= 0.6 is 0 Å². The molecule has 2 aromatic rings. The molecule has 0 aliphatic heterocycles. The van der Waals surface area contributed by atoms with E-state index in [-0.39, 0.29) is 5.54 Å². The van der Waals surface area contributed by atoms with Gasteiger partial charge < -0.3 is 5.32 Å². The largest absolute Gasteiger partial charge is 0.310 e. The van der Waals surface area contributed by atoms with E-state index in [9.17, 15) is 0 Å². The quantitative estimate of drug-likeness (QED) is 0.902. The molecule has 18 heavy (non-hydrogen) atoms. The first-order chi connectivity index (χ1) is 8.51. The predicted molar refractivity (Wildman–Crippen MR) is 74.6 cm³/mol. The first-order valence-electron chi connectivity index (χ1n) is 6.56. The maximum atomic E-state index is 4.29. The van der Waals surface area contributed by atoms with Crippen molar-refractivity contribution in [2.45, 2.75) is 45.7 Å². The molecular weight excluding hydrogens is 224 g/mol. The van der Waals surface area contributed by atoms with Crippen LogP contribution in [-0.2, 0) is 0 Å². The Balaban J connectivity index is 2.22. The van der Waals surface area contributed by atoms with Crippen LogP contribution in [0.2, 0.25) is 0 Å². The van der Waals surface area contributed by atoms with Crippen LogP contribution < -0.4 is 5.32 Å². The second kappa shape index (κ2) is 5.06. The van der Waals surface area contributed by atoms with E-state index < -0.39 is 0 Å². The fourth-order valence-electron chi connectivity index (χ4n) is 1.98. The Morgan fingerprint density at radius 1 is 1.28 bits per heavy atom. The lowest BCUT2D eigenvalue weighted by Crippen LogP contribution is -2.39. The molecule has 1 N–H and O–H groups in total. The standard InChI is InChI=1S/C14H22N4/c1-5-11(10-15-14(2,3)4)18-13-9-7-6-8-12(13)16-17-18/h6-9,11,15H,5,10H2,1-4H3. The van der Waals surface area contributed by atoms with Gasteiger partial charge in [0.2, 0.25) is 0 Å². The first kappa shape index (κ1) is 13.0. The van der Waals surface area contributed by atoms with Crippen molar-refractivity contribution < 1.29 is 0 Å². The van der Waals surface area contributed by atoms with E-state index in [0.29, 0.717) is 6.04 Å². The second-order valence-electron chi connectivity index (χ2n) is 5.72. The van der Waals surface area contributed by atoms with Crippen LogP contribution in [0, 0.1) is 0 Å². The molecule has 0 saturated heterocycles. The molecule has 0 bridgehead atoms. The van der Waals surface area contributed by atoms with Crippen molar-refractivity contribution in [2.75, 3.05) is 6.54 Å². The number of aromatic nitrogens is 3. The Bertz CT molecular complexity index is 510. The second-order valence-corrected chi connectivity index (χ2v) is 5.72. The molecule has 0 amide bonds. The number of rotatable bonds is 4. The van der Waals surface area contributed by atoms with E-state index in [1.165, 1.54) is 0 Å². The SMILES string of the molecule is CCC(CNC(C)(C)C)n1nnc2ccccc21. The summed E-state index contributed by atoms with van der Waals surface area (Å²) in [4.78, 5) is 0. The molecule has 1 unspecified atom stereocenters. The van der Waals surface area contributed by atoms with Gasteiger partial charge in [0.1, 0.15) is 5.52 Å². The molecule has 98 valence electrons. The minimum atomic E-state index is 0.129. The number of nitrogens with zero attached hydrogens (tertiary/aromatic N) is 3. The Labute approximate surface area is 108 Å². The van der Waals surface area contributed by atoms with Crippen LogP contribution in [0.4, 0.5) is 0 Å². The van der Waals surface area contributed by atoms with Gasteiger partial charge >= 0.3 is 0 Å². The van der Waals surface area contributed by atoms with E-state index in [4.69, 9.17) is 0 Å². The van der Waals surface area contributed by atoms with Gasteiger partial charge in [0, 0.05) is 12.1 Å². The van der Waals surface area contributed by atoms with Crippen LogP contribution in [-0.4, -0.2) is 27.1 Å². The smallest absolute Gasteiger partial charge is 0.113 e. The summed E-state index contributed by atoms with van der Waals surface area (Å²) in [5.41, 5.74) is 2.20. The highest BCUT2D eigenvalue weighted by atomic mass is 15.4. The van der Waals surface area contributed by atoms with Crippen molar-refractivity contribution in [3.05, 3.63) is 24.3 Å². The highest BCUT2D eigenvalue weighted by Crippen LogP contribution is 2.18. The number of benzene rings is 1. The van der Waals surface area contributed by atoms with Gasteiger partial charge in [-0.3, -0.25) is 0 Å². The lowest BCUT2D eigenvalue weighted by molar-refractivity contribution is 0.346. The van der Waals surface area contributed by atoms with E-state index in [2.05, 4.69) is 49.4 Å². The monoisotopic (exact) mass is 246 g/mol. The minimum Gasteiger partial charge on any atom is -0.310 e. The summed E-state index contributed by atoms with van der Waals surface area (Å²) in [6.45, 7) is 9.64. The topological polar surface area (TPSA) is 42.7 Å². The van der Waals surface area contributed by atoms with Crippen LogP contribution in [0.3, 0.4) is 0 Å². The molecule has 0 saturated carbocycles. The molecule has 0 spiro atoms. The average molecular weight is 246 g/mol. The van der Waals surface area contributed by atoms with E-state index in [1.807, 2.05) is 22.9 Å². The molecule has 0 aliphatic rings. The molecule has 0 radical (unpaired) electrons. The van der Waals surface area contributed by atoms with Gasteiger partial charge in [-0.1, -0.05) is 24.3 Å². The van der Waals surface area contributed by atoms with E-state index in [1.54, 1.807) is 0 Å². The third-order valence-corrected chi connectivity index (χ3v) is 3.06. The molecule has 0 aliphatic carbocycles. The normalized spacial score (nSPS) is 14.0. The molecular formula is C14H22N4. The number of nitrogens with one attached hydrogen (secondary N) is 1. The van der Waals surface area contributed by atoms with Crippen molar-refractivity contribution in [2.24, 2.45) is 0 Å². The van der Waals surface area contributed by atoms with Crippen molar-refractivity contribution in [1.82, 2.24) is 20.3 Å². The molecule has 4 heteroatoms. The zero-order valence-electron chi connectivity index (χ0n) is 11.6. The Morgan fingerprint density at radius 3 is 2.67 bits per heavy atom. The highest BCUT2D eigenvalue weighted by Gasteiger charge is 2.17. The van der Waals surface area contributed by atoms with Gasteiger partial charge in [-0.25, -0.2) is 4.68 Å². The fraction of sp³-hybridized carbons (Fsp3) is 0.571. The number of hydrogen-bond donors (Lipinski definition) is 1. The van der Waals surface area contributed by atoms with E-state index in [0.717, 1.165) is 24.0 Å². The van der Waals surface area contributed by atoms with Gasteiger partial charge in [0.25, 0.3) is 0 Å². The lowest BCUT2D eigenvalue weighted by Gasteiger charge is -2.25. The fourth-order valence-corrected chi connectivity index (χ4v) is 1.98. The van der Waals surface area contributed by atoms with E-state index >= 15 is 0 Å². The number of fused-ring (bicyclic) bond motifs is 1. The molecule has 1 heterocycles. The summed E-state index contributed by atoms with van der Waals surface area (Å²) in [7, 11) is 0. The summed E-state index contributed by atoms with van der Waals surface area (Å²) in [6.07, 6.45) is 1.04. The minimum absolute atomic E-state index is 0.129. The Hall–Kier alpha value is -1.42. The summed E-state index contributed by atoms with van der Waals surface area (Å²) >= 11 is 0. The lowest BCUT2D eigenvalue weighted by atomic mass is 10.1. The van der Waals surface area contributed by atoms with Crippen LogP contribution in [0.15, 0.2) is 24.3 Å². The van der Waals surface area contributed by atoms with Crippen LogP contribution in [0.1, 0.15) is 40.2 Å². The molecule has 2 rings (SSSR count). The Kier molecular flexibility index (Phi) is 3.66. The van der Waals surface area contributed by atoms with Gasteiger partial charge in [-0.05, 0) is 39.3 Å². The third-order valence-electron chi connectivity index (χ3n) is 3.06. The van der Waals surface area contributed by atoms with Crippen LogP contribution in [0.5, 0.6) is 0 Å². The van der Waals surface area contributed by atoms with Crippen molar-refractivity contribution in [1.29, 1.82) is 0 Å². The summed E-state index contributed by atoms with van der Waals surface area (Å²) in [5.74, 6) is 0. The molecule has 0 fully saturated rings. The maximum Gasteiger partial charge on any atom is 0.113 e. The zero-order chi connectivity index (χ0) is 13.2. The third kappa shape index (κ3) is 2.88. The van der Waals surface area contributed by atoms with Gasteiger partial charge in [-0.15, -0.1) is 5.10 Å². The van der Waals surface area contributed by atoms with Crippen molar-refractivity contribution >= 4 is 11.0 Å². The van der Waals surface area contributed by atoms with Crippen molar-refractivity contribution in [3.63, 3.8) is 0 Å².